The number of likely N-dealkylation sites (N-methyl/N-ethyl adjacent to an activating group) is 1. The van der Waals surface area contributed by atoms with Gasteiger partial charge in [0.2, 0.25) is 11.8 Å². The SMILES string of the molecule is CCC(CC)C(NC(=O)CCCN1C(=O)CN(C)C1=O)c1ccccc1. The van der Waals surface area contributed by atoms with Gasteiger partial charge in [-0.15, -0.1) is 0 Å². The Labute approximate surface area is 155 Å². The fourth-order valence-electron chi connectivity index (χ4n) is 3.43. The second-order valence-electron chi connectivity index (χ2n) is 6.82. The molecular formula is C20H29N3O3. The topological polar surface area (TPSA) is 69.7 Å². The predicted molar refractivity (Wildman–Crippen MR) is 100 cm³/mol. The van der Waals surface area contributed by atoms with Crippen molar-refractivity contribution >= 4 is 17.8 Å². The molecule has 2 rings (SSSR count). The van der Waals surface area contributed by atoms with Crippen molar-refractivity contribution in [3.8, 4) is 0 Å². The average Bonchev–Trinajstić information content (AvgIpc) is 2.88. The molecule has 1 unspecified atom stereocenters. The van der Waals surface area contributed by atoms with Crippen LogP contribution in [0.15, 0.2) is 30.3 Å². The maximum Gasteiger partial charge on any atom is 0.326 e. The van der Waals surface area contributed by atoms with E-state index in [2.05, 4.69) is 19.2 Å². The molecule has 0 aromatic heterocycles. The van der Waals surface area contributed by atoms with Crippen LogP contribution in [0.25, 0.3) is 0 Å². The molecule has 1 fully saturated rings. The van der Waals surface area contributed by atoms with Crippen molar-refractivity contribution in [3.63, 3.8) is 0 Å². The Morgan fingerprint density at radius 3 is 2.35 bits per heavy atom. The Morgan fingerprint density at radius 2 is 1.81 bits per heavy atom. The molecule has 4 amide bonds. The van der Waals surface area contributed by atoms with Gasteiger partial charge in [0, 0.05) is 20.0 Å². The zero-order valence-corrected chi connectivity index (χ0v) is 15.9. The lowest BCUT2D eigenvalue weighted by Gasteiger charge is -2.27. The van der Waals surface area contributed by atoms with E-state index < -0.39 is 0 Å². The van der Waals surface area contributed by atoms with Crippen molar-refractivity contribution in [1.29, 1.82) is 0 Å². The van der Waals surface area contributed by atoms with Crippen molar-refractivity contribution in [1.82, 2.24) is 15.1 Å². The lowest BCUT2D eigenvalue weighted by Crippen LogP contribution is -2.35. The molecule has 1 aliphatic heterocycles. The van der Waals surface area contributed by atoms with Crippen molar-refractivity contribution in [2.45, 2.75) is 45.6 Å². The summed E-state index contributed by atoms with van der Waals surface area (Å²) in [6, 6.07) is 9.72. The summed E-state index contributed by atoms with van der Waals surface area (Å²) in [5.74, 6) is 0.132. The number of carbonyl (C=O) groups excluding carboxylic acids is 3. The van der Waals surface area contributed by atoms with Crippen LogP contribution in [0.5, 0.6) is 0 Å². The van der Waals surface area contributed by atoms with Gasteiger partial charge in [-0.1, -0.05) is 57.0 Å². The van der Waals surface area contributed by atoms with Gasteiger partial charge in [-0.2, -0.15) is 0 Å². The molecule has 0 aliphatic carbocycles. The van der Waals surface area contributed by atoms with Gasteiger partial charge in [0.15, 0.2) is 0 Å². The maximum absolute atomic E-state index is 12.5. The monoisotopic (exact) mass is 359 g/mol. The van der Waals surface area contributed by atoms with Gasteiger partial charge in [-0.05, 0) is 17.9 Å². The number of hydrogen-bond acceptors (Lipinski definition) is 3. The summed E-state index contributed by atoms with van der Waals surface area (Å²) in [5.41, 5.74) is 1.11. The fraction of sp³-hybridized carbons (Fsp3) is 0.550. The van der Waals surface area contributed by atoms with Gasteiger partial charge < -0.3 is 10.2 Å². The molecule has 1 aromatic carbocycles. The number of imide groups is 1. The van der Waals surface area contributed by atoms with E-state index in [9.17, 15) is 14.4 Å². The zero-order chi connectivity index (χ0) is 19.1. The van der Waals surface area contributed by atoms with Crippen LogP contribution in [0.3, 0.4) is 0 Å². The summed E-state index contributed by atoms with van der Waals surface area (Å²) in [6.07, 6.45) is 2.74. The molecule has 0 bridgehead atoms. The summed E-state index contributed by atoms with van der Waals surface area (Å²) >= 11 is 0. The molecule has 142 valence electrons. The van der Waals surface area contributed by atoms with E-state index in [1.54, 1.807) is 7.05 Å². The molecule has 1 atom stereocenters. The zero-order valence-electron chi connectivity index (χ0n) is 15.9. The molecule has 6 nitrogen and oxygen atoms in total. The number of hydrogen-bond donors (Lipinski definition) is 1. The Balaban J connectivity index is 1.91. The van der Waals surface area contributed by atoms with E-state index in [-0.39, 0.29) is 37.0 Å². The number of amides is 4. The van der Waals surface area contributed by atoms with E-state index in [1.807, 2.05) is 30.3 Å². The Hall–Kier alpha value is -2.37. The lowest BCUT2D eigenvalue weighted by atomic mass is 9.88. The van der Waals surface area contributed by atoms with E-state index in [0.717, 1.165) is 18.4 Å². The maximum atomic E-state index is 12.5. The van der Waals surface area contributed by atoms with Crippen LogP contribution in [0.1, 0.15) is 51.1 Å². The molecule has 26 heavy (non-hydrogen) atoms. The molecule has 1 heterocycles. The van der Waals surface area contributed by atoms with Gasteiger partial charge >= 0.3 is 6.03 Å². The largest absolute Gasteiger partial charge is 0.349 e. The summed E-state index contributed by atoms with van der Waals surface area (Å²) in [7, 11) is 1.60. The first-order valence-corrected chi connectivity index (χ1v) is 9.37. The minimum absolute atomic E-state index is 0.0140. The Kier molecular flexibility index (Phi) is 7.18. The molecule has 0 radical (unpaired) electrons. The van der Waals surface area contributed by atoms with Crippen LogP contribution < -0.4 is 5.32 Å². The highest BCUT2D eigenvalue weighted by Gasteiger charge is 2.33. The highest BCUT2D eigenvalue weighted by atomic mass is 16.2. The van der Waals surface area contributed by atoms with E-state index in [4.69, 9.17) is 0 Å². The number of urea groups is 1. The van der Waals surface area contributed by atoms with Crippen molar-refractivity contribution in [3.05, 3.63) is 35.9 Å². The number of rotatable bonds is 9. The van der Waals surface area contributed by atoms with E-state index in [0.29, 0.717) is 18.8 Å². The second kappa shape index (κ2) is 9.36. The predicted octanol–water partition coefficient (Wildman–Crippen LogP) is 2.95. The quantitative estimate of drug-likeness (QED) is 0.689. The first kappa shape index (κ1) is 19.9. The smallest absolute Gasteiger partial charge is 0.326 e. The summed E-state index contributed by atoms with van der Waals surface area (Å²) in [4.78, 5) is 38.7. The summed E-state index contributed by atoms with van der Waals surface area (Å²) < 4.78 is 0. The molecule has 1 saturated heterocycles. The van der Waals surface area contributed by atoms with Crippen LogP contribution in [0.4, 0.5) is 4.79 Å². The van der Waals surface area contributed by atoms with Gasteiger partial charge in [0.25, 0.3) is 0 Å². The van der Waals surface area contributed by atoms with Crippen LogP contribution in [-0.2, 0) is 9.59 Å². The van der Waals surface area contributed by atoms with Crippen molar-refractivity contribution in [2.75, 3.05) is 20.1 Å². The van der Waals surface area contributed by atoms with Gasteiger partial charge in [0.05, 0.1) is 6.04 Å². The molecule has 6 heteroatoms. The van der Waals surface area contributed by atoms with Crippen LogP contribution in [0.2, 0.25) is 0 Å². The molecule has 1 N–H and O–H groups in total. The van der Waals surface area contributed by atoms with Crippen LogP contribution in [-0.4, -0.2) is 47.8 Å². The molecule has 1 aromatic rings. The van der Waals surface area contributed by atoms with Crippen LogP contribution in [0, 0.1) is 5.92 Å². The average molecular weight is 359 g/mol. The minimum Gasteiger partial charge on any atom is -0.349 e. The first-order chi connectivity index (χ1) is 12.5. The molecule has 0 saturated carbocycles. The fourth-order valence-corrected chi connectivity index (χ4v) is 3.43. The standard InChI is InChI=1S/C20H29N3O3/c1-4-15(5-2)19(16-10-7-6-8-11-16)21-17(24)12-9-13-23-18(25)14-22(3)20(23)26/h6-8,10-11,15,19H,4-5,9,12-14H2,1-3H3,(H,21,24). The molecule has 0 spiro atoms. The molecule has 1 aliphatic rings. The number of nitrogens with zero attached hydrogens (tertiary/aromatic N) is 2. The highest BCUT2D eigenvalue weighted by molar-refractivity contribution is 6.01. The highest BCUT2D eigenvalue weighted by Crippen LogP contribution is 2.27. The summed E-state index contributed by atoms with van der Waals surface area (Å²) in [6.45, 7) is 4.68. The molecular weight excluding hydrogens is 330 g/mol. The van der Waals surface area contributed by atoms with Gasteiger partial charge in [-0.25, -0.2) is 4.79 Å². The number of nitrogens with one attached hydrogen (secondary N) is 1. The number of carbonyl (C=O) groups is 3. The van der Waals surface area contributed by atoms with E-state index in [1.165, 1.54) is 9.80 Å². The Bertz CT molecular complexity index is 628. The lowest BCUT2D eigenvalue weighted by molar-refractivity contribution is -0.126. The van der Waals surface area contributed by atoms with Crippen molar-refractivity contribution < 1.29 is 14.4 Å². The summed E-state index contributed by atoms with van der Waals surface area (Å²) in [5, 5.41) is 3.15. The number of benzene rings is 1. The third-order valence-corrected chi connectivity index (χ3v) is 5.01. The second-order valence-corrected chi connectivity index (χ2v) is 6.82. The van der Waals surface area contributed by atoms with Crippen LogP contribution >= 0.6 is 0 Å². The Morgan fingerprint density at radius 1 is 1.15 bits per heavy atom. The third kappa shape index (κ3) is 4.84. The van der Waals surface area contributed by atoms with E-state index >= 15 is 0 Å². The van der Waals surface area contributed by atoms with Gasteiger partial charge in [0.1, 0.15) is 6.54 Å². The first-order valence-electron chi connectivity index (χ1n) is 9.37. The third-order valence-electron chi connectivity index (χ3n) is 5.01. The van der Waals surface area contributed by atoms with Gasteiger partial charge in [-0.3, -0.25) is 14.5 Å². The normalized spacial score (nSPS) is 15.7. The minimum atomic E-state index is -0.283. The van der Waals surface area contributed by atoms with Crippen molar-refractivity contribution in [2.24, 2.45) is 5.92 Å².